The number of hydrogen-bond acceptors (Lipinski definition) is 5. The molecular weight excluding hydrogens is 415 g/mol. The zero-order chi connectivity index (χ0) is 22.1. The molecule has 1 atom stereocenters. The summed E-state index contributed by atoms with van der Waals surface area (Å²) in [6, 6.07) is 5.64. The smallest absolute Gasteiger partial charge is 0.414 e. The first-order chi connectivity index (χ1) is 14.8. The van der Waals surface area contributed by atoms with Crippen molar-refractivity contribution in [1.82, 2.24) is 10.3 Å². The number of carbonyl (C=O) groups excluding carboxylic acids is 2. The lowest BCUT2D eigenvalue weighted by molar-refractivity contribution is -0.119. The number of cyclic esters (lactones) is 1. The van der Waals surface area contributed by atoms with E-state index in [2.05, 4.69) is 10.3 Å². The average molecular weight is 431 g/mol. The van der Waals surface area contributed by atoms with Gasteiger partial charge in [-0.25, -0.2) is 22.9 Å². The Morgan fingerprint density at radius 3 is 2.55 bits per heavy atom. The molecule has 10 heteroatoms. The van der Waals surface area contributed by atoms with Crippen molar-refractivity contribution in [2.24, 2.45) is 0 Å². The fourth-order valence-corrected chi connectivity index (χ4v) is 3.31. The molecular formula is C21H16F3N3O4. The van der Waals surface area contributed by atoms with Crippen LogP contribution in [0.15, 0.2) is 47.3 Å². The van der Waals surface area contributed by atoms with Crippen molar-refractivity contribution in [2.75, 3.05) is 18.0 Å². The molecule has 31 heavy (non-hydrogen) atoms. The Morgan fingerprint density at radius 2 is 1.94 bits per heavy atom. The predicted molar refractivity (Wildman–Crippen MR) is 104 cm³/mol. The number of nitrogens with zero attached hydrogens (tertiary/aromatic N) is 2. The quantitative estimate of drug-likeness (QED) is 0.663. The number of hydrogen-bond donors (Lipinski definition) is 1. The van der Waals surface area contributed by atoms with Crippen LogP contribution in [0.1, 0.15) is 6.92 Å². The summed E-state index contributed by atoms with van der Waals surface area (Å²) >= 11 is 0. The molecule has 2 amide bonds. The molecule has 0 spiro atoms. The molecule has 3 aromatic rings. The van der Waals surface area contributed by atoms with Gasteiger partial charge in [0.2, 0.25) is 5.91 Å². The minimum absolute atomic E-state index is 0.0118. The molecule has 2 aromatic carbocycles. The molecule has 2 heterocycles. The van der Waals surface area contributed by atoms with Gasteiger partial charge in [-0.05, 0) is 29.8 Å². The first-order valence-electron chi connectivity index (χ1n) is 9.24. The summed E-state index contributed by atoms with van der Waals surface area (Å²) < 4.78 is 54.2. The van der Waals surface area contributed by atoms with Crippen LogP contribution in [0.4, 0.5) is 23.7 Å². The second kappa shape index (κ2) is 8.13. The average Bonchev–Trinajstić information content (AvgIpc) is 3.36. The second-order valence-corrected chi connectivity index (χ2v) is 6.90. The summed E-state index contributed by atoms with van der Waals surface area (Å²) in [5.41, 5.74) is -0.402. The van der Waals surface area contributed by atoms with E-state index < -0.39 is 35.2 Å². The van der Waals surface area contributed by atoms with Gasteiger partial charge in [-0.3, -0.25) is 9.69 Å². The Hall–Kier alpha value is -3.82. The van der Waals surface area contributed by atoms with Crippen LogP contribution in [0, 0.1) is 17.5 Å². The van der Waals surface area contributed by atoms with Gasteiger partial charge in [-0.15, -0.1) is 0 Å². The molecule has 0 bridgehead atoms. The van der Waals surface area contributed by atoms with Gasteiger partial charge >= 0.3 is 6.09 Å². The van der Waals surface area contributed by atoms with Gasteiger partial charge in [-0.1, -0.05) is 6.07 Å². The second-order valence-electron chi connectivity index (χ2n) is 6.90. The number of anilines is 1. The van der Waals surface area contributed by atoms with Crippen molar-refractivity contribution < 1.29 is 31.9 Å². The van der Waals surface area contributed by atoms with E-state index in [4.69, 9.17) is 9.15 Å². The Kier molecular flexibility index (Phi) is 5.37. The van der Waals surface area contributed by atoms with Crippen LogP contribution in [0.2, 0.25) is 0 Å². The summed E-state index contributed by atoms with van der Waals surface area (Å²) in [6.45, 7) is 1.41. The molecule has 0 unspecified atom stereocenters. The fourth-order valence-electron chi connectivity index (χ4n) is 3.31. The zero-order valence-electron chi connectivity index (χ0n) is 16.2. The number of nitrogens with one attached hydrogen (secondary N) is 1. The number of amides is 2. The largest absolute Gasteiger partial charge is 0.443 e. The molecule has 1 aliphatic heterocycles. The Balaban J connectivity index is 1.60. The molecule has 160 valence electrons. The minimum atomic E-state index is -0.972. The monoisotopic (exact) mass is 431 g/mol. The van der Waals surface area contributed by atoms with Crippen LogP contribution in [-0.4, -0.2) is 36.2 Å². The molecule has 0 radical (unpaired) electrons. The Morgan fingerprint density at radius 1 is 1.19 bits per heavy atom. The normalized spacial score (nSPS) is 15.8. The molecule has 1 fully saturated rings. The molecule has 4 rings (SSSR count). The number of rotatable bonds is 5. The lowest BCUT2D eigenvalue weighted by atomic mass is 10.0. The number of benzene rings is 2. The Bertz CT molecular complexity index is 1130. The van der Waals surface area contributed by atoms with E-state index in [1.54, 1.807) is 0 Å². The number of ether oxygens (including phenoxy) is 1. The van der Waals surface area contributed by atoms with Gasteiger partial charge < -0.3 is 14.5 Å². The van der Waals surface area contributed by atoms with Gasteiger partial charge in [0.15, 0.2) is 12.2 Å². The van der Waals surface area contributed by atoms with Crippen molar-refractivity contribution in [3.05, 3.63) is 60.4 Å². The lowest BCUT2D eigenvalue weighted by Crippen LogP contribution is -2.33. The van der Waals surface area contributed by atoms with Crippen LogP contribution in [-0.2, 0) is 9.53 Å². The highest BCUT2D eigenvalue weighted by Gasteiger charge is 2.33. The van der Waals surface area contributed by atoms with Crippen molar-refractivity contribution in [3.63, 3.8) is 0 Å². The highest BCUT2D eigenvalue weighted by molar-refractivity contribution is 5.90. The summed E-state index contributed by atoms with van der Waals surface area (Å²) in [7, 11) is 0. The minimum Gasteiger partial charge on any atom is -0.443 e. The summed E-state index contributed by atoms with van der Waals surface area (Å²) in [4.78, 5) is 27.9. The van der Waals surface area contributed by atoms with Gasteiger partial charge in [0.05, 0.1) is 36.1 Å². The lowest BCUT2D eigenvalue weighted by Gasteiger charge is -2.15. The maximum Gasteiger partial charge on any atom is 0.414 e. The van der Waals surface area contributed by atoms with E-state index >= 15 is 0 Å². The van der Waals surface area contributed by atoms with Crippen LogP contribution in [0.25, 0.3) is 22.5 Å². The third kappa shape index (κ3) is 4.09. The van der Waals surface area contributed by atoms with E-state index in [9.17, 15) is 22.8 Å². The number of carbonyl (C=O) groups is 2. The van der Waals surface area contributed by atoms with Crippen molar-refractivity contribution in [1.29, 1.82) is 0 Å². The summed E-state index contributed by atoms with van der Waals surface area (Å²) in [5, 5.41) is 2.52. The molecule has 1 N–H and O–H groups in total. The van der Waals surface area contributed by atoms with Crippen LogP contribution in [0.3, 0.4) is 0 Å². The van der Waals surface area contributed by atoms with E-state index in [0.717, 1.165) is 29.5 Å². The van der Waals surface area contributed by atoms with Crippen LogP contribution in [0.5, 0.6) is 0 Å². The number of oxazole rings is 1. The molecule has 7 nitrogen and oxygen atoms in total. The fraction of sp³-hybridized carbons (Fsp3) is 0.190. The van der Waals surface area contributed by atoms with E-state index in [1.165, 1.54) is 25.3 Å². The maximum absolute atomic E-state index is 14.8. The van der Waals surface area contributed by atoms with Gasteiger partial charge in [0.1, 0.15) is 23.6 Å². The summed E-state index contributed by atoms with van der Waals surface area (Å²) in [6.07, 6.45) is 1.03. The molecule has 0 saturated carbocycles. The summed E-state index contributed by atoms with van der Waals surface area (Å²) in [5.74, 6) is -2.79. The van der Waals surface area contributed by atoms with E-state index in [0.29, 0.717) is 0 Å². The van der Waals surface area contributed by atoms with Gasteiger partial charge in [0, 0.05) is 6.92 Å². The van der Waals surface area contributed by atoms with E-state index in [1.807, 2.05) is 0 Å². The first kappa shape index (κ1) is 20.5. The standard InChI is InChI=1S/C21H16F3N3O4/c1-11(28)26-7-14-9-27(21(29)31-14)13-5-17(23)20(18(24)6-13)12-2-3-15(16(22)4-12)19-8-25-10-30-19/h2-6,8,10,14H,7,9H2,1H3,(H,26,28)/t14-/m0/s1. The number of aromatic nitrogens is 1. The molecule has 0 aliphatic carbocycles. The SMILES string of the molecule is CC(=O)NC[C@H]1CN(c2cc(F)c(-c3ccc(-c4cnco4)c(F)c3)c(F)c2)C(=O)O1. The highest BCUT2D eigenvalue weighted by Crippen LogP contribution is 2.34. The third-order valence-corrected chi connectivity index (χ3v) is 4.75. The van der Waals surface area contributed by atoms with Crippen molar-refractivity contribution >= 4 is 17.7 Å². The molecule has 1 aliphatic rings. The zero-order valence-corrected chi connectivity index (χ0v) is 16.2. The third-order valence-electron chi connectivity index (χ3n) is 4.75. The van der Waals surface area contributed by atoms with Crippen molar-refractivity contribution in [3.8, 4) is 22.5 Å². The van der Waals surface area contributed by atoms with Crippen LogP contribution < -0.4 is 10.2 Å². The van der Waals surface area contributed by atoms with E-state index in [-0.39, 0.29) is 41.6 Å². The molecule has 1 saturated heterocycles. The van der Waals surface area contributed by atoms with Crippen molar-refractivity contribution in [2.45, 2.75) is 13.0 Å². The van der Waals surface area contributed by atoms with Gasteiger partial charge in [-0.2, -0.15) is 0 Å². The topological polar surface area (TPSA) is 84.7 Å². The molecule has 1 aromatic heterocycles. The predicted octanol–water partition coefficient (Wildman–Crippen LogP) is 3.89. The maximum atomic E-state index is 14.8. The van der Waals surface area contributed by atoms with Crippen LogP contribution >= 0.6 is 0 Å². The van der Waals surface area contributed by atoms with Gasteiger partial charge in [0.25, 0.3) is 0 Å². The highest BCUT2D eigenvalue weighted by atomic mass is 19.1. The first-order valence-corrected chi connectivity index (χ1v) is 9.24. The Labute approximate surface area is 174 Å². The number of halogens is 3.